The maximum absolute atomic E-state index is 15.9. The van der Waals surface area contributed by atoms with Gasteiger partial charge in [-0.2, -0.15) is 0 Å². The molecular formula is C28H26FN5O6S. The summed E-state index contributed by atoms with van der Waals surface area (Å²) in [5.41, 5.74) is 3.56. The number of halogens is 1. The van der Waals surface area contributed by atoms with E-state index < -0.39 is 22.7 Å². The fourth-order valence-corrected chi connectivity index (χ4v) is 5.56. The number of anilines is 3. The first kappa shape index (κ1) is 26.9. The molecule has 0 spiro atoms. The zero-order valence-electron chi connectivity index (χ0n) is 21.7. The molecule has 0 atom stereocenters. The molecule has 13 heteroatoms. The Hall–Kier alpha value is -4.33. The average Bonchev–Trinajstić information content (AvgIpc) is 3.43. The summed E-state index contributed by atoms with van der Waals surface area (Å²) in [5.74, 6) is -1.13. The van der Waals surface area contributed by atoms with Crippen LogP contribution in [0, 0.1) is 5.82 Å². The molecular weight excluding hydrogens is 553 g/mol. The van der Waals surface area contributed by atoms with E-state index in [9.17, 15) is 18.3 Å². The Balaban J connectivity index is 1.45. The van der Waals surface area contributed by atoms with E-state index in [-0.39, 0.29) is 27.8 Å². The topological polar surface area (TPSA) is 143 Å². The molecule has 41 heavy (non-hydrogen) atoms. The van der Waals surface area contributed by atoms with E-state index in [1.54, 1.807) is 30.6 Å². The summed E-state index contributed by atoms with van der Waals surface area (Å²) in [7, 11) is -3.10. The smallest absolute Gasteiger partial charge is 0.335 e. The number of carboxylic acids is 1. The molecule has 11 nitrogen and oxygen atoms in total. The Bertz CT molecular complexity index is 1730. The minimum atomic E-state index is -3.10. The van der Waals surface area contributed by atoms with Crippen LogP contribution in [-0.2, 0) is 28.6 Å². The molecule has 2 aromatic heterocycles. The first-order valence-corrected chi connectivity index (χ1v) is 14.1. The third-order valence-corrected chi connectivity index (χ3v) is 7.47. The molecule has 3 N–H and O–H groups in total. The Kier molecular flexibility index (Phi) is 7.39. The molecule has 4 aromatic rings. The summed E-state index contributed by atoms with van der Waals surface area (Å²) in [5, 5.41) is 12.9. The van der Waals surface area contributed by atoms with Crippen molar-refractivity contribution in [2.45, 2.75) is 13.0 Å². The van der Waals surface area contributed by atoms with Gasteiger partial charge in [-0.3, -0.25) is 19.6 Å². The van der Waals surface area contributed by atoms with E-state index >= 15 is 4.39 Å². The second-order valence-corrected chi connectivity index (χ2v) is 10.5. The van der Waals surface area contributed by atoms with Crippen LogP contribution in [0.3, 0.4) is 0 Å². The van der Waals surface area contributed by atoms with Gasteiger partial charge in [0.2, 0.25) is 10.9 Å². The molecule has 0 bridgehead atoms. The number of nitrogens with one attached hydrogen (secondary N) is 2. The Morgan fingerprint density at radius 3 is 2.68 bits per heavy atom. The van der Waals surface area contributed by atoms with E-state index in [2.05, 4.69) is 24.9 Å². The molecule has 2 aliphatic rings. The van der Waals surface area contributed by atoms with Gasteiger partial charge in [-0.15, -0.1) is 0 Å². The molecule has 212 valence electrons. The summed E-state index contributed by atoms with van der Waals surface area (Å²) < 4.78 is 52.6. The minimum absolute atomic E-state index is 0.0151. The number of aromatic nitrogens is 2. The number of hydrogen-bond donors (Lipinski definition) is 4. The van der Waals surface area contributed by atoms with Crippen molar-refractivity contribution in [3.63, 3.8) is 0 Å². The Morgan fingerprint density at radius 1 is 1.07 bits per heavy atom. The number of rotatable bonds is 8. The number of carbonyl (C=O) groups is 1. The summed E-state index contributed by atoms with van der Waals surface area (Å²) in [6.07, 6.45) is 5.34. The lowest BCUT2D eigenvalue weighted by Gasteiger charge is -2.27. The molecule has 0 amide bonds. The van der Waals surface area contributed by atoms with E-state index in [4.69, 9.17) is 9.47 Å². The van der Waals surface area contributed by atoms with Crippen LogP contribution in [-0.4, -0.2) is 67.3 Å². The Morgan fingerprint density at radius 2 is 1.90 bits per heavy atom. The number of nitrogens with zero attached hydrogens (tertiary/aromatic N) is 3. The zero-order chi connectivity index (χ0) is 28.5. The van der Waals surface area contributed by atoms with Gasteiger partial charge in [0, 0.05) is 55.3 Å². The second-order valence-electron chi connectivity index (χ2n) is 9.78. The summed E-state index contributed by atoms with van der Waals surface area (Å²) in [4.78, 5) is 22.7. The van der Waals surface area contributed by atoms with E-state index in [0.29, 0.717) is 68.4 Å². The van der Waals surface area contributed by atoms with Gasteiger partial charge in [-0.1, -0.05) is 0 Å². The van der Waals surface area contributed by atoms with Crippen LogP contribution in [0.1, 0.15) is 21.5 Å². The average molecular weight is 580 g/mol. The number of ether oxygens (including phenoxy) is 2. The maximum Gasteiger partial charge on any atom is 0.335 e. The number of carboxylic acid groups (broad SMARTS) is 1. The molecule has 0 saturated carbocycles. The fourth-order valence-electron chi connectivity index (χ4n) is 5.19. The predicted molar refractivity (Wildman–Crippen MR) is 151 cm³/mol. The molecule has 4 heterocycles. The number of hydrogen-bond acceptors (Lipinski definition) is 9. The van der Waals surface area contributed by atoms with Crippen molar-refractivity contribution in [2.75, 3.05) is 42.9 Å². The van der Waals surface area contributed by atoms with Crippen LogP contribution in [0.4, 0.5) is 21.5 Å². The first-order valence-electron chi connectivity index (χ1n) is 12.9. The van der Waals surface area contributed by atoms with E-state index in [1.165, 1.54) is 18.3 Å². The van der Waals surface area contributed by atoms with Crippen molar-refractivity contribution in [1.82, 2.24) is 14.9 Å². The lowest BCUT2D eigenvalue weighted by atomic mass is 10.0. The minimum Gasteiger partial charge on any atom is -0.492 e. The van der Waals surface area contributed by atoms with Crippen molar-refractivity contribution in [1.29, 1.82) is 0 Å². The van der Waals surface area contributed by atoms with Crippen molar-refractivity contribution in [3.05, 3.63) is 71.4 Å². The summed E-state index contributed by atoms with van der Waals surface area (Å²) in [6, 6.07) is 7.77. The van der Waals surface area contributed by atoms with Crippen molar-refractivity contribution in [3.8, 4) is 16.9 Å². The third-order valence-electron chi connectivity index (χ3n) is 7.05. The van der Waals surface area contributed by atoms with Gasteiger partial charge in [0.1, 0.15) is 11.6 Å². The summed E-state index contributed by atoms with van der Waals surface area (Å²) in [6.45, 7) is 3.59. The van der Waals surface area contributed by atoms with Crippen LogP contribution >= 0.6 is 0 Å². The van der Waals surface area contributed by atoms with Gasteiger partial charge >= 0.3 is 5.97 Å². The van der Waals surface area contributed by atoms with Gasteiger partial charge in [0.05, 0.1) is 53.9 Å². The van der Waals surface area contributed by atoms with Gasteiger partial charge in [-0.05, 0) is 41.5 Å². The van der Waals surface area contributed by atoms with Crippen molar-refractivity contribution in [2.24, 2.45) is 0 Å². The quantitative estimate of drug-likeness (QED) is 0.229. The third kappa shape index (κ3) is 5.64. The van der Waals surface area contributed by atoms with Crippen LogP contribution in [0.5, 0.6) is 5.75 Å². The van der Waals surface area contributed by atoms with Gasteiger partial charge in [0.25, 0.3) is 0 Å². The second kappa shape index (κ2) is 11.3. The van der Waals surface area contributed by atoms with Crippen molar-refractivity contribution >= 4 is 44.8 Å². The zero-order valence-corrected chi connectivity index (χ0v) is 22.6. The number of thiol groups is 1. The van der Waals surface area contributed by atoms with Crippen LogP contribution < -0.4 is 14.8 Å². The predicted octanol–water partition coefficient (Wildman–Crippen LogP) is 3.58. The SMILES string of the molecule is O=C(O)c1cc(CN2CCOCC2)cc(Nc2c(N[SH](=O)=O)cnc3cc(-c4cncc5c4OCC5)cc(F)c23)c1. The Labute approximate surface area is 236 Å². The summed E-state index contributed by atoms with van der Waals surface area (Å²) >= 11 is 0. The number of aromatic carboxylic acids is 1. The molecule has 6 rings (SSSR count). The monoisotopic (exact) mass is 579 g/mol. The highest BCUT2D eigenvalue weighted by molar-refractivity contribution is 7.73. The molecule has 1 saturated heterocycles. The largest absolute Gasteiger partial charge is 0.492 e. The first-order chi connectivity index (χ1) is 19.9. The van der Waals surface area contributed by atoms with Gasteiger partial charge in [-0.25, -0.2) is 17.6 Å². The lowest BCUT2D eigenvalue weighted by molar-refractivity contribution is 0.0341. The highest BCUT2D eigenvalue weighted by Crippen LogP contribution is 2.40. The molecule has 2 aliphatic heterocycles. The number of fused-ring (bicyclic) bond motifs is 2. The molecule has 0 aliphatic carbocycles. The number of morpholine rings is 1. The fraction of sp³-hybridized carbons (Fsp3) is 0.250. The van der Waals surface area contributed by atoms with Crippen LogP contribution in [0.2, 0.25) is 0 Å². The maximum atomic E-state index is 15.9. The van der Waals surface area contributed by atoms with Crippen LogP contribution in [0.15, 0.2) is 48.9 Å². The molecule has 0 unspecified atom stereocenters. The molecule has 2 aromatic carbocycles. The highest BCUT2D eigenvalue weighted by Gasteiger charge is 2.22. The van der Waals surface area contributed by atoms with Crippen LogP contribution in [0.25, 0.3) is 22.0 Å². The molecule has 0 radical (unpaired) electrons. The van der Waals surface area contributed by atoms with Gasteiger partial charge in [0.15, 0.2) is 0 Å². The highest BCUT2D eigenvalue weighted by atomic mass is 32.2. The van der Waals surface area contributed by atoms with Crippen molar-refractivity contribution < 1.29 is 32.2 Å². The number of benzene rings is 2. The number of pyridine rings is 2. The molecule has 1 fully saturated rings. The van der Waals surface area contributed by atoms with E-state index in [1.807, 2.05) is 0 Å². The standard InChI is InChI=1S/C28H26FN5O6S/c29-22-10-18(21-13-30-12-17-1-4-40-27(17)21)11-23-25(22)26(24(14-31-23)33-41(37)38)32-20-8-16(7-19(9-20)28(35)36)15-34-2-5-39-6-3-34/h7-14,41H,1-6,15H2,(H,31,32)(H,35,36)(H,33,37,38). The van der Waals surface area contributed by atoms with E-state index in [0.717, 1.165) is 11.1 Å². The van der Waals surface area contributed by atoms with Gasteiger partial charge < -0.3 is 19.9 Å². The normalized spacial score (nSPS) is 15.1. The lowest BCUT2D eigenvalue weighted by Crippen LogP contribution is -2.35.